The minimum atomic E-state index is -0.640. The molecule has 0 bridgehead atoms. The molecule has 0 saturated heterocycles. The number of rotatable bonds is 8. The van der Waals surface area contributed by atoms with Gasteiger partial charge in [-0.1, -0.05) is 67.7 Å². The predicted molar refractivity (Wildman–Crippen MR) is 132 cm³/mol. The van der Waals surface area contributed by atoms with Crippen molar-refractivity contribution in [2.75, 3.05) is 20.0 Å². The summed E-state index contributed by atoms with van der Waals surface area (Å²) in [5.41, 5.74) is 1.11. The number of nitrogens with zero attached hydrogens (tertiary/aromatic N) is 3. The first-order valence-electron chi connectivity index (χ1n) is 11.0. The number of amides is 1. The lowest BCUT2D eigenvalue weighted by atomic mass is 10.1. The zero-order valence-electron chi connectivity index (χ0n) is 18.9. The fourth-order valence-electron chi connectivity index (χ4n) is 3.94. The van der Waals surface area contributed by atoms with E-state index in [9.17, 15) is 4.79 Å². The average molecular weight is 487 g/mol. The van der Waals surface area contributed by atoms with Gasteiger partial charge in [0.1, 0.15) is 5.70 Å². The zero-order valence-corrected chi connectivity index (χ0v) is 20.5. The maximum atomic E-state index is 13.3. The highest BCUT2D eigenvalue weighted by atomic mass is 35.5. The van der Waals surface area contributed by atoms with Crippen LogP contribution in [-0.4, -0.2) is 36.1 Å². The van der Waals surface area contributed by atoms with Gasteiger partial charge in [-0.15, -0.1) is 5.10 Å². The molecule has 7 nitrogen and oxygen atoms in total. The SMILES string of the molecule is CCCCCCSC1=NN2C(=c3ccccc3=N[C@H]2c2cc(Cl)cc(OC)c2OC)C(=O)N1. The smallest absolute Gasteiger partial charge is 0.276 e. The molecule has 0 spiro atoms. The third kappa shape index (κ3) is 4.82. The number of amidine groups is 1. The number of benzene rings is 2. The van der Waals surface area contributed by atoms with E-state index >= 15 is 0 Å². The zero-order chi connectivity index (χ0) is 23.4. The van der Waals surface area contributed by atoms with Crippen LogP contribution >= 0.6 is 23.4 Å². The third-order valence-electron chi connectivity index (χ3n) is 5.50. The molecule has 0 fully saturated rings. The maximum absolute atomic E-state index is 13.3. The summed E-state index contributed by atoms with van der Waals surface area (Å²) in [5, 5.41) is 11.9. The summed E-state index contributed by atoms with van der Waals surface area (Å²) in [5.74, 6) is 1.67. The standard InChI is InChI=1S/C24H27ClN4O3S/c1-4-5-6-9-12-33-24-27-23(30)20-16-10-7-8-11-18(16)26-22(29(20)28-24)17-13-15(25)14-19(31-2)21(17)32-3/h7-8,10-11,13-14,22H,4-6,9,12H2,1-3H3,(H,27,28,30)/t22-/m1/s1. The topological polar surface area (TPSA) is 75.5 Å². The van der Waals surface area contributed by atoms with Gasteiger partial charge in [-0.05, 0) is 18.6 Å². The molecule has 2 aromatic rings. The molecule has 33 heavy (non-hydrogen) atoms. The van der Waals surface area contributed by atoms with Crippen molar-refractivity contribution in [2.45, 2.75) is 38.8 Å². The second-order valence-corrected chi connectivity index (χ2v) is 9.23. The molecular weight excluding hydrogens is 460 g/mol. The Kier molecular flexibility index (Phi) is 7.45. The van der Waals surface area contributed by atoms with Gasteiger partial charge in [0.25, 0.3) is 5.91 Å². The molecule has 9 heteroatoms. The molecule has 0 aromatic heterocycles. The summed E-state index contributed by atoms with van der Waals surface area (Å²) in [6.07, 6.45) is 3.98. The van der Waals surface area contributed by atoms with Crippen molar-refractivity contribution in [3.8, 4) is 11.5 Å². The predicted octanol–water partition coefficient (Wildman–Crippen LogP) is 3.81. The Labute approximate surface area is 202 Å². The van der Waals surface area contributed by atoms with E-state index in [-0.39, 0.29) is 5.91 Å². The molecule has 2 aliphatic heterocycles. The molecule has 1 N–H and O–H groups in total. The molecule has 1 amide bonds. The Morgan fingerprint density at radius 2 is 1.97 bits per heavy atom. The van der Waals surface area contributed by atoms with Gasteiger partial charge in [0.05, 0.1) is 19.6 Å². The summed E-state index contributed by atoms with van der Waals surface area (Å²) in [4.78, 5) is 18.2. The van der Waals surface area contributed by atoms with Gasteiger partial charge in [-0.2, -0.15) is 0 Å². The van der Waals surface area contributed by atoms with Crippen LogP contribution in [0, 0.1) is 0 Å². The molecule has 2 aliphatic rings. The lowest BCUT2D eigenvalue weighted by Crippen LogP contribution is -2.50. The van der Waals surface area contributed by atoms with Crippen LogP contribution in [0.5, 0.6) is 11.5 Å². The van der Waals surface area contributed by atoms with Gasteiger partial charge in [0.15, 0.2) is 22.8 Å². The maximum Gasteiger partial charge on any atom is 0.276 e. The lowest BCUT2D eigenvalue weighted by molar-refractivity contribution is -0.116. The number of unbranched alkanes of at least 4 members (excludes halogenated alkanes) is 3. The summed E-state index contributed by atoms with van der Waals surface area (Å²) in [7, 11) is 3.13. The summed E-state index contributed by atoms with van der Waals surface area (Å²) in [6, 6.07) is 11.0. The van der Waals surface area contributed by atoms with E-state index in [4.69, 9.17) is 31.2 Å². The van der Waals surface area contributed by atoms with E-state index < -0.39 is 6.17 Å². The normalized spacial score (nSPS) is 16.9. The van der Waals surface area contributed by atoms with Crippen LogP contribution < -0.4 is 25.4 Å². The Morgan fingerprint density at radius 1 is 1.15 bits per heavy atom. The number of para-hydroxylation sites is 1. The minimum Gasteiger partial charge on any atom is -0.493 e. The Bertz CT molecular complexity index is 1200. The number of ether oxygens (including phenoxy) is 2. The van der Waals surface area contributed by atoms with Crippen molar-refractivity contribution in [2.24, 2.45) is 10.1 Å². The third-order valence-corrected chi connectivity index (χ3v) is 6.67. The number of thioether (sulfide) groups is 1. The fraction of sp³-hybridized carbons (Fsp3) is 0.375. The van der Waals surface area contributed by atoms with Gasteiger partial charge in [-0.25, -0.2) is 5.01 Å². The molecule has 1 atom stereocenters. The lowest BCUT2D eigenvalue weighted by Gasteiger charge is -2.34. The minimum absolute atomic E-state index is 0.207. The van der Waals surface area contributed by atoms with Crippen molar-refractivity contribution in [3.05, 3.63) is 57.6 Å². The van der Waals surface area contributed by atoms with Crippen molar-refractivity contribution in [1.29, 1.82) is 0 Å². The molecule has 4 rings (SSSR count). The number of hydrazone groups is 1. The molecule has 0 unspecified atom stereocenters. The number of halogens is 1. The van der Waals surface area contributed by atoms with Crippen molar-refractivity contribution in [3.63, 3.8) is 0 Å². The number of methoxy groups -OCH3 is 2. The monoisotopic (exact) mass is 486 g/mol. The summed E-state index contributed by atoms with van der Waals surface area (Å²) >= 11 is 7.94. The molecular formula is C24H27ClN4O3S. The van der Waals surface area contributed by atoms with Crippen molar-refractivity contribution < 1.29 is 14.3 Å². The number of carbonyl (C=O) groups excluding carboxylic acids is 1. The van der Waals surface area contributed by atoms with Crippen LogP contribution in [-0.2, 0) is 4.79 Å². The second-order valence-electron chi connectivity index (χ2n) is 7.71. The number of fused-ring (bicyclic) bond motifs is 2. The summed E-state index contributed by atoms with van der Waals surface area (Å²) < 4.78 is 11.2. The van der Waals surface area contributed by atoms with Crippen LogP contribution in [0.15, 0.2) is 46.5 Å². The van der Waals surface area contributed by atoms with Gasteiger partial charge in [0, 0.05) is 27.6 Å². The van der Waals surface area contributed by atoms with Crippen LogP contribution in [0.3, 0.4) is 0 Å². The quantitative estimate of drug-likeness (QED) is 0.574. The molecule has 2 aromatic carbocycles. The second kappa shape index (κ2) is 10.5. The molecule has 0 aliphatic carbocycles. The largest absolute Gasteiger partial charge is 0.493 e. The van der Waals surface area contributed by atoms with Crippen LogP contribution in [0.1, 0.15) is 44.3 Å². The van der Waals surface area contributed by atoms with Crippen molar-refractivity contribution >= 4 is 40.1 Å². The van der Waals surface area contributed by atoms with Gasteiger partial charge < -0.3 is 9.47 Å². The van der Waals surface area contributed by atoms with E-state index in [1.807, 2.05) is 24.3 Å². The highest BCUT2D eigenvalue weighted by Crippen LogP contribution is 2.42. The van der Waals surface area contributed by atoms with E-state index in [0.29, 0.717) is 38.3 Å². The first kappa shape index (κ1) is 23.4. The average Bonchev–Trinajstić information content (AvgIpc) is 2.82. The highest BCUT2D eigenvalue weighted by Gasteiger charge is 2.36. The van der Waals surface area contributed by atoms with Gasteiger partial charge >= 0.3 is 0 Å². The number of carbonyl (C=O) groups is 1. The van der Waals surface area contributed by atoms with E-state index in [1.54, 1.807) is 43.1 Å². The van der Waals surface area contributed by atoms with E-state index in [0.717, 1.165) is 23.8 Å². The molecule has 0 radical (unpaired) electrons. The molecule has 0 saturated carbocycles. The van der Waals surface area contributed by atoms with Crippen LogP contribution in [0.4, 0.5) is 0 Å². The fourth-order valence-corrected chi connectivity index (χ4v) is 5.01. The van der Waals surface area contributed by atoms with Gasteiger partial charge in [0.2, 0.25) is 0 Å². The highest BCUT2D eigenvalue weighted by molar-refractivity contribution is 8.13. The van der Waals surface area contributed by atoms with Crippen LogP contribution in [0.2, 0.25) is 5.02 Å². The number of hydrogen-bond donors (Lipinski definition) is 1. The van der Waals surface area contributed by atoms with E-state index in [1.165, 1.54) is 12.8 Å². The number of nitrogens with one attached hydrogen (secondary N) is 1. The molecule has 174 valence electrons. The number of hydrogen-bond acceptors (Lipinski definition) is 7. The Balaban J connectivity index is 1.80. The van der Waals surface area contributed by atoms with E-state index in [2.05, 4.69) is 12.2 Å². The van der Waals surface area contributed by atoms with Crippen molar-refractivity contribution in [1.82, 2.24) is 10.3 Å². The van der Waals surface area contributed by atoms with Crippen LogP contribution in [0.25, 0.3) is 5.70 Å². The summed E-state index contributed by atoms with van der Waals surface area (Å²) in [6.45, 7) is 2.19. The molecule has 2 heterocycles. The first-order valence-corrected chi connectivity index (χ1v) is 12.3. The van der Waals surface area contributed by atoms with Gasteiger partial charge in [-0.3, -0.25) is 15.1 Å². The first-order chi connectivity index (χ1) is 16.1. The Hall–Kier alpha value is -2.71. The Morgan fingerprint density at radius 3 is 2.73 bits per heavy atom.